The predicted molar refractivity (Wildman–Crippen MR) is 88.1 cm³/mol. The Hall–Kier alpha value is -1.91. The van der Waals surface area contributed by atoms with Crippen molar-refractivity contribution in [3.8, 4) is 0 Å². The number of carbonyl (C=O) groups is 1. The van der Waals surface area contributed by atoms with Gasteiger partial charge >= 0.3 is 6.09 Å². The molecule has 0 heterocycles. The van der Waals surface area contributed by atoms with Crippen LogP contribution in [0.3, 0.4) is 0 Å². The van der Waals surface area contributed by atoms with E-state index < -0.39 is 5.60 Å². The Morgan fingerprint density at radius 3 is 2.48 bits per heavy atom. The fourth-order valence-electron chi connectivity index (χ4n) is 1.83. The van der Waals surface area contributed by atoms with Crippen molar-refractivity contribution >= 4 is 17.5 Å². The Morgan fingerprint density at radius 1 is 1.19 bits per heavy atom. The summed E-state index contributed by atoms with van der Waals surface area (Å²) in [6.07, 6.45) is 0.470. The molecule has 0 spiro atoms. The van der Waals surface area contributed by atoms with Crippen molar-refractivity contribution in [1.29, 1.82) is 0 Å². The molecule has 0 aliphatic heterocycles. The molecule has 0 aliphatic rings. The Morgan fingerprint density at radius 2 is 1.86 bits per heavy atom. The van der Waals surface area contributed by atoms with Gasteiger partial charge in [0.2, 0.25) is 0 Å². The molecule has 0 radical (unpaired) electrons. The van der Waals surface area contributed by atoms with Crippen molar-refractivity contribution in [2.24, 2.45) is 0 Å². The van der Waals surface area contributed by atoms with E-state index >= 15 is 0 Å². The molecule has 1 rings (SSSR count). The van der Waals surface area contributed by atoms with Crippen molar-refractivity contribution in [3.63, 3.8) is 0 Å². The Kier molecular flexibility index (Phi) is 6.34. The van der Waals surface area contributed by atoms with Crippen LogP contribution in [0.2, 0.25) is 0 Å². The van der Waals surface area contributed by atoms with E-state index in [1.54, 1.807) is 0 Å². The van der Waals surface area contributed by atoms with Crippen LogP contribution < -0.4 is 15.5 Å². The van der Waals surface area contributed by atoms with Gasteiger partial charge < -0.3 is 20.3 Å². The first kappa shape index (κ1) is 17.1. The first-order chi connectivity index (χ1) is 9.79. The largest absolute Gasteiger partial charge is 0.444 e. The smallest absolute Gasteiger partial charge is 0.407 e. The van der Waals surface area contributed by atoms with Gasteiger partial charge in [-0.25, -0.2) is 4.79 Å². The van der Waals surface area contributed by atoms with Gasteiger partial charge in [-0.2, -0.15) is 0 Å². The Balaban J connectivity index is 2.28. The van der Waals surface area contributed by atoms with Gasteiger partial charge in [-0.15, -0.1) is 0 Å². The highest BCUT2D eigenvalue weighted by Crippen LogP contribution is 2.23. The number of nitrogens with one attached hydrogen (secondary N) is 2. The van der Waals surface area contributed by atoms with Crippen molar-refractivity contribution in [3.05, 3.63) is 24.3 Å². The summed E-state index contributed by atoms with van der Waals surface area (Å²) in [5.74, 6) is 0. The standard InChI is InChI=1S/C16H27N3O2/c1-16(2,3)21-15(20)18-12-8-11-17-13-9-6-7-10-14(13)19(4)5/h6-7,9-10,17H,8,11-12H2,1-5H3,(H,18,20). The average molecular weight is 293 g/mol. The van der Waals surface area contributed by atoms with E-state index in [4.69, 9.17) is 4.74 Å². The molecule has 0 bridgehead atoms. The van der Waals surface area contributed by atoms with Crippen LogP contribution in [0, 0.1) is 0 Å². The molecule has 0 saturated carbocycles. The number of nitrogens with zero attached hydrogens (tertiary/aromatic N) is 1. The van der Waals surface area contributed by atoms with E-state index in [1.165, 1.54) is 0 Å². The minimum Gasteiger partial charge on any atom is -0.444 e. The zero-order valence-corrected chi connectivity index (χ0v) is 13.7. The lowest BCUT2D eigenvalue weighted by molar-refractivity contribution is 0.0528. The predicted octanol–water partition coefficient (Wildman–Crippen LogP) is 3.08. The van der Waals surface area contributed by atoms with E-state index in [1.807, 2.05) is 47.0 Å². The summed E-state index contributed by atoms with van der Waals surface area (Å²) in [5, 5.41) is 6.13. The summed E-state index contributed by atoms with van der Waals surface area (Å²) in [7, 11) is 4.04. The maximum atomic E-state index is 11.5. The van der Waals surface area contributed by atoms with Gasteiger partial charge in [0, 0.05) is 27.2 Å². The number of hydrogen-bond donors (Lipinski definition) is 2. The second kappa shape index (κ2) is 7.76. The number of ether oxygens (including phenoxy) is 1. The number of rotatable bonds is 6. The third-order valence-corrected chi connectivity index (χ3v) is 2.72. The van der Waals surface area contributed by atoms with E-state index in [0.717, 1.165) is 24.3 Å². The number of anilines is 2. The Labute approximate surface area is 127 Å². The second-order valence-electron chi connectivity index (χ2n) is 6.12. The van der Waals surface area contributed by atoms with Gasteiger partial charge in [0.15, 0.2) is 0 Å². The molecule has 1 aromatic rings. The van der Waals surface area contributed by atoms with Crippen LogP contribution in [0.1, 0.15) is 27.2 Å². The second-order valence-corrected chi connectivity index (χ2v) is 6.12. The lowest BCUT2D eigenvalue weighted by Crippen LogP contribution is -2.33. The summed E-state index contributed by atoms with van der Waals surface area (Å²) in [4.78, 5) is 13.5. The maximum absolute atomic E-state index is 11.5. The van der Waals surface area contributed by atoms with Gasteiger partial charge in [-0.05, 0) is 39.3 Å². The molecular weight excluding hydrogens is 266 g/mol. The first-order valence-electron chi connectivity index (χ1n) is 7.26. The van der Waals surface area contributed by atoms with Crippen LogP contribution in [-0.2, 0) is 4.74 Å². The van der Waals surface area contributed by atoms with Gasteiger partial charge in [0.25, 0.3) is 0 Å². The molecule has 0 fully saturated rings. The summed E-state index contributed by atoms with van der Waals surface area (Å²) in [6.45, 7) is 6.94. The molecule has 21 heavy (non-hydrogen) atoms. The number of alkyl carbamates (subject to hydrolysis) is 1. The first-order valence-corrected chi connectivity index (χ1v) is 7.26. The number of para-hydroxylation sites is 2. The van der Waals surface area contributed by atoms with Gasteiger partial charge in [0.1, 0.15) is 5.60 Å². The Bertz CT molecular complexity index is 453. The highest BCUT2D eigenvalue weighted by Gasteiger charge is 2.15. The molecule has 0 aromatic heterocycles. The van der Waals surface area contributed by atoms with Crippen molar-refractivity contribution in [2.45, 2.75) is 32.8 Å². The monoisotopic (exact) mass is 293 g/mol. The van der Waals surface area contributed by atoms with Gasteiger partial charge in [0.05, 0.1) is 11.4 Å². The van der Waals surface area contributed by atoms with Crippen LogP contribution in [0.4, 0.5) is 16.2 Å². The number of amides is 1. The zero-order chi connectivity index (χ0) is 15.9. The third-order valence-electron chi connectivity index (χ3n) is 2.72. The van der Waals surface area contributed by atoms with E-state index in [9.17, 15) is 4.79 Å². The fraction of sp³-hybridized carbons (Fsp3) is 0.562. The van der Waals surface area contributed by atoms with Crippen LogP contribution in [0.25, 0.3) is 0 Å². The fourth-order valence-corrected chi connectivity index (χ4v) is 1.83. The summed E-state index contributed by atoms with van der Waals surface area (Å²) < 4.78 is 5.18. The summed E-state index contributed by atoms with van der Waals surface area (Å²) in [5.41, 5.74) is 1.80. The molecule has 0 atom stereocenters. The van der Waals surface area contributed by atoms with E-state index in [0.29, 0.717) is 6.54 Å². The number of hydrogen-bond acceptors (Lipinski definition) is 4. The van der Waals surface area contributed by atoms with E-state index in [2.05, 4.69) is 27.7 Å². The summed E-state index contributed by atoms with van der Waals surface area (Å²) >= 11 is 0. The maximum Gasteiger partial charge on any atom is 0.407 e. The zero-order valence-electron chi connectivity index (χ0n) is 13.7. The molecular formula is C16H27N3O2. The van der Waals surface area contributed by atoms with Crippen LogP contribution >= 0.6 is 0 Å². The molecule has 0 aliphatic carbocycles. The molecule has 1 amide bonds. The molecule has 5 nitrogen and oxygen atoms in total. The van der Waals surface area contributed by atoms with Crippen molar-refractivity contribution in [1.82, 2.24) is 5.32 Å². The van der Waals surface area contributed by atoms with E-state index in [-0.39, 0.29) is 6.09 Å². The molecule has 1 aromatic carbocycles. The van der Waals surface area contributed by atoms with Gasteiger partial charge in [-0.1, -0.05) is 12.1 Å². The lowest BCUT2D eigenvalue weighted by atomic mass is 10.2. The normalized spacial score (nSPS) is 10.9. The van der Waals surface area contributed by atoms with Gasteiger partial charge in [-0.3, -0.25) is 0 Å². The average Bonchev–Trinajstić information content (AvgIpc) is 2.36. The topological polar surface area (TPSA) is 53.6 Å². The minimum absolute atomic E-state index is 0.365. The van der Waals surface area contributed by atoms with Crippen molar-refractivity contribution in [2.75, 3.05) is 37.4 Å². The lowest BCUT2D eigenvalue weighted by Gasteiger charge is -2.20. The minimum atomic E-state index is -0.451. The molecule has 5 heteroatoms. The molecule has 0 saturated heterocycles. The molecule has 118 valence electrons. The third kappa shape index (κ3) is 6.88. The highest BCUT2D eigenvalue weighted by molar-refractivity contribution is 5.69. The molecule has 0 unspecified atom stereocenters. The van der Waals surface area contributed by atoms with Crippen molar-refractivity contribution < 1.29 is 9.53 Å². The van der Waals surface area contributed by atoms with Crippen LogP contribution in [-0.4, -0.2) is 38.9 Å². The number of carbonyl (C=O) groups excluding carboxylic acids is 1. The number of benzene rings is 1. The highest BCUT2D eigenvalue weighted by atomic mass is 16.6. The SMILES string of the molecule is CN(C)c1ccccc1NCCCNC(=O)OC(C)(C)C. The quantitative estimate of drug-likeness (QED) is 0.791. The van der Waals surface area contributed by atoms with Crippen LogP contribution in [0.15, 0.2) is 24.3 Å². The van der Waals surface area contributed by atoms with Crippen LogP contribution in [0.5, 0.6) is 0 Å². The summed E-state index contributed by atoms with van der Waals surface area (Å²) in [6, 6.07) is 8.15. The molecule has 2 N–H and O–H groups in total.